The van der Waals surface area contributed by atoms with Crippen LogP contribution >= 0.6 is 0 Å². The first-order chi connectivity index (χ1) is 23.0. The standard InChI is InChI=1S/C32H41N7O9/c1-21(29(43)38-15-7-10-25(38)31(45)35-13-5-6-14-35)48-26-20-24(34-39(26)22-8-3-2-4-9-22)28(42)33-23(11-12-27(40)41)30(44)36-16-18-37(19-17-36)32(46)47/h2-4,8-9,20-21,23,25H,5-7,10-19H2,1H3,(H,33,42)(H,40,41)(H,46,47)/t21-,23?,25?/m0/s1. The van der Waals surface area contributed by atoms with E-state index in [2.05, 4.69) is 10.4 Å². The first-order valence-electron chi connectivity index (χ1n) is 16.2. The van der Waals surface area contributed by atoms with Crippen molar-refractivity contribution in [3.8, 4) is 11.6 Å². The van der Waals surface area contributed by atoms with Gasteiger partial charge in [0, 0.05) is 58.3 Å². The lowest BCUT2D eigenvalue weighted by molar-refractivity contribution is -0.147. The number of aliphatic carboxylic acids is 1. The summed E-state index contributed by atoms with van der Waals surface area (Å²) in [6, 6.07) is 8.37. The minimum atomic E-state index is -1.21. The Bertz CT molecular complexity index is 1520. The first kappa shape index (κ1) is 34.2. The van der Waals surface area contributed by atoms with E-state index in [0.717, 1.165) is 12.8 Å². The number of rotatable bonds is 11. The molecular weight excluding hydrogens is 626 g/mol. The second-order valence-electron chi connectivity index (χ2n) is 12.2. The molecule has 16 heteroatoms. The Kier molecular flexibility index (Phi) is 10.8. The summed E-state index contributed by atoms with van der Waals surface area (Å²) < 4.78 is 7.47. The van der Waals surface area contributed by atoms with E-state index in [1.54, 1.807) is 42.2 Å². The van der Waals surface area contributed by atoms with Gasteiger partial charge in [-0.1, -0.05) is 18.2 Å². The van der Waals surface area contributed by atoms with Crippen molar-refractivity contribution in [1.82, 2.24) is 34.7 Å². The van der Waals surface area contributed by atoms with Crippen LogP contribution in [-0.2, 0) is 19.2 Å². The van der Waals surface area contributed by atoms with Gasteiger partial charge in [0.05, 0.1) is 5.69 Å². The van der Waals surface area contributed by atoms with Gasteiger partial charge in [-0.3, -0.25) is 24.0 Å². The van der Waals surface area contributed by atoms with Crippen molar-refractivity contribution in [3.05, 3.63) is 42.1 Å². The van der Waals surface area contributed by atoms with Crippen LogP contribution < -0.4 is 10.1 Å². The van der Waals surface area contributed by atoms with Crippen LogP contribution in [0.4, 0.5) is 4.79 Å². The number of carbonyl (C=O) groups excluding carboxylic acids is 4. The van der Waals surface area contributed by atoms with Crippen LogP contribution in [0.2, 0.25) is 0 Å². The van der Waals surface area contributed by atoms with Crippen molar-refractivity contribution < 1.29 is 43.7 Å². The van der Waals surface area contributed by atoms with Crippen LogP contribution in [0, 0.1) is 0 Å². The molecule has 258 valence electrons. The second-order valence-corrected chi connectivity index (χ2v) is 12.2. The summed E-state index contributed by atoms with van der Waals surface area (Å²) in [7, 11) is 0. The fraction of sp³-hybridized carbons (Fsp3) is 0.531. The number of carboxylic acid groups (broad SMARTS) is 2. The Morgan fingerprint density at radius 3 is 2.19 bits per heavy atom. The summed E-state index contributed by atoms with van der Waals surface area (Å²) >= 11 is 0. The Balaban J connectivity index is 1.33. The molecule has 0 spiro atoms. The van der Waals surface area contributed by atoms with Gasteiger partial charge in [0.25, 0.3) is 11.8 Å². The fourth-order valence-electron chi connectivity index (χ4n) is 6.31. The number of carbonyl (C=O) groups is 6. The minimum absolute atomic E-state index is 0.0467. The number of piperazine rings is 1. The minimum Gasteiger partial charge on any atom is -0.481 e. The van der Waals surface area contributed by atoms with Gasteiger partial charge < -0.3 is 39.9 Å². The maximum atomic E-state index is 13.6. The summed E-state index contributed by atoms with van der Waals surface area (Å²) in [5, 5.41) is 25.5. The third kappa shape index (κ3) is 7.86. The molecule has 48 heavy (non-hydrogen) atoms. The van der Waals surface area contributed by atoms with E-state index in [1.807, 2.05) is 4.90 Å². The number of amides is 5. The number of hydrogen-bond acceptors (Lipinski definition) is 8. The van der Waals surface area contributed by atoms with Gasteiger partial charge in [-0.15, -0.1) is 0 Å². The highest BCUT2D eigenvalue weighted by Crippen LogP contribution is 2.25. The molecule has 3 atom stereocenters. The van der Waals surface area contributed by atoms with Gasteiger partial charge >= 0.3 is 12.1 Å². The molecule has 3 fully saturated rings. The zero-order chi connectivity index (χ0) is 34.4. The van der Waals surface area contributed by atoms with Gasteiger partial charge in [-0.05, 0) is 51.2 Å². The summed E-state index contributed by atoms with van der Waals surface area (Å²) in [5.74, 6) is -2.78. The third-order valence-electron chi connectivity index (χ3n) is 8.91. The number of benzene rings is 1. The van der Waals surface area contributed by atoms with Crippen LogP contribution in [0.3, 0.4) is 0 Å². The average Bonchev–Trinajstić information content (AvgIpc) is 3.88. The van der Waals surface area contributed by atoms with Gasteiger partial charge in [0.1, 0.15) is 12.1 Å². The fourth-order valence-corrected chi connectivity index (χ4v) is 6.31. The number of carboxylic acids is 1. The molecule has 0 aliphatic carbocycles. The van der Waals surface area contributed by atoms with Crippen LogP contribution in [0.25, 0.3) is 5.69 Å². The molecule has 2 aromatic rings. The van der Waals surface area contributed by atoms with E-state index in [1.165, 1.54) is 20.5 Å². The van der Waals surface area contributed by atoms with Crippen molar-refractivity contribution in [1.29, 1.82) is 0 Å². The number of hydrogen-bond donors (Lipinski definition) is 3. The highest BCUT2D eigenvalue weighted by molar-refractivity contribution is 5.96. The molecule has 0 saturated carbocycles. The highest BCUT2D eigenvalue weighted by Gasteiger charge is 2.39. The van der Waals surface area contributed by atoms with E-state index in [0.29, 0.717) is 38.2 Å². The molecular formula is C32H41N7O9. The normalized spacial score (nSPS) is 19.1. The van der Waals surface area contributed by atoms with Gasteiger partial charge in [0.2, 0.25) is 17.7 Å². The zero-order valence-electron chi connectivity index (χ0n) is 26.8. The van der Waals surface area contributed by atoms with Crippen molar-refractivity contribution in [2.75, 3.05) is 45.8 Å². The van der Waals surface area contributed by atoms with Crippen molar-refractivity contribution in [2.45, 2.75) is 63.6 Å². The molecule has 1 aromatic carbocycles. The predicted octanol–water partition coefficient (Wildman–Crippen LogP) is 1.04. The molecule has 0 bridgehead atoms. The van der Waals surface area contributed by atoms with Crippen LogP contribution in [0.5, 0.6) is 5.88 Å². The average molecular weight is 668 g/mol. The molecule has 0 radical (unpaired) electrons. The van der Waals surface area contributed by atoms with Crippen LogP contribution in [0.1, 0.15) is 55.9 Å². The molecule has 3 aliphatic heterocycles. The topological polar surface area (TPSA) is 195 Å². The third-order valence-corrected chi connectivity index (χ3v) is 8.91. The number of likely N-dealkylation sites (tertiary alicyclic amines) is 2. The lowest BCUT2D eigenvalue weighted by atomic mass is 10.1. The summed E-state index contributed by atoms with van der Waals surface area (Å²) in [6.45, 7) is 3.75. The van der Waals surface area contributed by atoms with E-state index in [9.17, 15) is 39.0 Å². The predicted molar refractivity (Wildman–Crippen MR) is 169 cm³/mol. The Morgan fingerprint density at radius 1 is 0.875 bits per heavy atom. The maximum absolute atomic E-state index is 13.6. The number of aromatic nitrogens is 2. The Morgan fingerprint density at radius 2 is 1.54 bits per heavy atom. The van der Waals surface area contributed by atoms with Gasteiger partial charge in [0.15, 0.2) is 11.8 Å². The highest BCUT2D eigenvalue weighted by atomic mass is 16.5. The van der Waals surface area contributed by atoms with Gasteiger partial charge in [-0.2, -0.15) is 5.10 Å². The molecule has 1 aromatic heterocycles. The molecule has 16 nitrogen and oxygen atoms in total. The zero-order valence-corrected chi connectivity index (χ0v) is 26.8. The van der Waals surface area contributed by atoms with Crippen LogP contribution in [0.15, 0.2) is 36.4 Å². The maximum Gasteiger partial charge on any atom is 0.407 e. The number of para-hydroxylation sites is 1. The second kappa shape index (κ2) is 15.2. The largest absolute Gasteiger partial charge is 0.481 e. The molecule has 3 saturated heterocycles. The molecule has 5 rings (SSSR count). The van der Waals surface area contributed by atoms with Crippen LogP contribution in [-0.4, -0.2) is 139 Å². The smallest absolute Gasteiger partial charge is 0.407 e. The lowest BCUT2D eigenvalue weighted by Crippen LogP contribution is -2.55. The number of nitrogens with zero attached hydrogens (tertiary/aromatic N) is 6. The SMILES string of the molecule is C[C@H](Oc1cc(C(=O)NC(CCC(=O)O)C(=O)N2CCN(C(=O)O)CC2)nn1-c1ccccc1)C(=O)N1CCCC1C(=O)N1CCCC1. The number of nitrogens with one attached hydrogen (secondary N) is 1. The number of ether oxygens (including phenoxy) is 1. The van der Waals surface area contributed by atoms with Crippen molar-refractivity contribution in [3.63, 3.8) is 0 Å². The lowest BCUT2D eigenvalue weighted by Gasteiger charge is -2.35. The summed E-state index contributed by atoms with van der Waals surface area (Å²) in [6.07, 6.45) is 0.463. The van der Waals surface area contributed by atoms with E-state index in [4.69, 9.17) is 4.74 Å². The molecule has 4 heterocycles. The van der Waals surface area contributed by atoms with Crippen molar-refractivity contribution in [2.24, 2.45) is 0 Å². The quantitative estimate of drug-likeness (QED) is 0.312. The molecule has 3 N–H and O–H groups in total. The van der Waals surface area contributed by atoms with E-state index in [-0.39, 0.29) is 56.0 Å². The molecule has 2 unspecified atom stereocenters. The molecule has 3 aliphatic rings. The van der Waals surface area contributed by atoms with Gasteiger partial charge in [-0.25, -0.2) is 9.48 Å². The monoisotopic (exact) mass is 667 g/mol. The Labute approximate surface area is 277 Å². The Hall–Kier alpha value is -5.15. The van der Waals surface area contributed by atoms with E-state index >= 15 is 0 Å². The molecule has 5 amide bonds. The summed E-state index contributed by atoms with van der Waals surface area (Å²) in [5.41, 5.74) is 0.393. The first-order valence-corrected chi connectivity index (χ1v) is 16.2. The van der Waals surface area contributed by atoms with Crippen molar-refractivity contribution >= 4 is 35.7 Å². The van der Waals surface area contributed by atoms with E-state index < -0.39 is 48.5 Å². The summed E-state index contributed by atoms with van der Waals surface area (Å²) in [4.78, 5) is 82.3.